The average molecular weight is 321 g/mol. The summed E-state index contributed by atoms with van der Waals surface area (Å²) < 4.78 is 4.99. The number of carbonyl (C=O) groups is 2. The molecule has 1 amide bonds. The summed E-state index contributed by atoms with van der Waals surface area (Å²) in [6.45, 7) is 3.93. The molecule has 1 N–H and O–H groups in total. The highest BCUT2D eigenvalue weighted by Crippen LogP contribution is 2.23. The highest BCUT2D eigenvalue weighted by atomic mass is 32.1. The van der Waals surface area contributed by atoms with E-state index in [-0.39, 0.29) is 18.6 Å². The lowest BCUT2D eigenvalue weighted by Gasteiger charge is -2.29. The zero-order chi connectivity index (χ0) is 15.9. The molecule has 5 heteroatoms. The van der Waals surface area contributed by atoms with Gasteiger partial charge in [-0.05, 0) is 48.8 Å². The van der Waals surface area contributed by atoms with Gasteiger partial charge in [0.05, 0.1) is 0 Å². The monoisotopic (exact) mass is 321 g/mol. The van der Waals surface area contributed by atoms with Crippen LogP contribution in [0.2, 0.25) is 0 Å². The summed E-state index contributed by atoms with van der Waals surface area (Å²) in [5, 5.41) is 4.94. The van der Waals surface area contributed by atoms with Crippen molar-refractivity contribution in [3.05, 3.63) is 28.0 Å². The van der Waals surface area contributed by atoms with Crippen LogP contribution in [0.25, 0.3) is 6.08 Å². The molecule has 1 heterocycles. The van der Waals surface area contributed by atoms with Gasteiger partial charge in [-0.15, -0.1) is 11.3 Å². The van der Waals surface area contributed by atoms with E-state index >= 15 is 0 Å². The molecule has 1 aromatic rings. The Morgan fingerprint density at radius 2 is 2.18 bits per heavy atom. The fourth-order valence-electron chi connectivity index (χ4n) is 2.66. The molecule has 0 bridgehead atoms. The number of aryl methyl sites for hydroxylation is 1. The number of esters is 1. The first-order valence-corrected chi connectivity index (χ1v) is 8.62. The van der Waals surface area contributed by atoms with Gasteiger partial charge in [0, 0.05) is 17.0 Å². The van der Waals surface area contributed by atoms with Crippen LogP contribution in [0.4, 0.5) is 0 Å². The Labute approximate surface area is 135 Å². The predicted molar refractivity (Wildman–Crippen MR) is 88.6 cm³/mol. The Balaban J connectivity index is 1.72. The predicted octanol–water partition coefficient (Wildman–Crippen LogP) is 3.31. The Morgan fingerprint density at radius 1 is 1.41 bits per heavy atom. The second-order valence-corrected chi connectivity index (χ2v) is 6.79. The molecule has 1 saturated carbocycles. The van der Waals surface area contributed by atoms with Crippen LogP contribution in [0.1, 0.15) is 43.0 Å². The minimum atomic E-state index is -0.486. The van der Waals surface area contributed by atoms with Gasteiger partial charge in [0.15, 0.2) is 6.61 Å². The van der Waals surface area contributed by atoms with E-state index in [1.807, 2.05) is 18.4 Å². The van der Waals surface area contributed by atoms with Crippen molar-refractivity contribution in [3.8, 4) is 0 Å². The molecule has 1 aliphatic rings. The lowest BCUT2D eigenvalue weighted by molar-refractivity contribution is -0.144. The molecule has 0 spiro atoms. The Kier molecular flexibility index (Phi) is 6.19. The first-order valence-electron chi connectivity index (χ1n) is 7.74. The van der Waals surface area contributed by atoms with Gasteiger partial charge in [-0.2, -0.15) is 0 Å². The molecule has 1 aromatic heterocycles. The molecule has 0 radical (unpaired) electrons. The second-order valence-electron chi connectivity index (χ2n) is 5.84. The third kappa shape index (κ3) is 4.98. The van der Waals surface area contributed by atoms with Crippen molar-refractivity contribution < 1.29 is 14.3 Å². The number of hydrogen-bond acceptors (Lipinski definition) is 4. The minimum absolute atomic E-state index is 0.212. The highest BCUT2D eigenvalue weighted by molar-refractivity contribution is 7.11. The summed E-state index contributed by atoms with van der Waals surface area (Å²) in [5.74, 6) is -0.206. The van der Waals surface area contributed by atoms with Gasteiger partial charge in [0.1, 0.15) is 0 Å². The van der Waals surface area contributed by atoms with Gasteiger partial charge < -0.3 is 10.1 Å². The number of amides is 1. The molecule has 0 saturated heterocycles. The lowest BCUT2D eigenvalue weighted by atomic mass is 9.86. The standard InChI is InChI=1S/C17H23NO3S/c1-12-5-3-4-6-14(12)18-16(19)11-21-17(20)8-7-15-13(2)9-10-22-15/h7-10,12,14H,3-6,11H2,1-2H3,(H,18,19)/b8-7+/t12-,14-/m0/s1. The van der Waals surface area contributed by atoms with Gasteiger partial charge >= 0.3 is 5.97 Å². The zero-order valence-electron chi connectivity index (χ0n) is 13.1. The fraction of sp³-hybridized carbons (Fsp3) is 0.529. The van der Waals surface area contributed by atoms with Crippen molar-refractivity contribution in [2.75, 3.05) is 6.61 Å². The van der Waals surface area contributed by atoms with Crippen LogP contribution in [0, 0.1) is 12.8 Å². The fourth-order valence-corrected chi connectivity index (χ4v) is 3.48. The lowest BCUT2D eigenvalue weighted by Crippen LogP contribution is -2.42. The minimum Gasteiger partial charge on any atom is -0.452 e. The van der Waals surface area contributed by atoms with Crippen molar-refractivity contribution in [1.82, 2.24) is 5.32 Å². The molecular formula is C17H23NO3S. The molecular weight excluding hydrogens is 298 g/mol. The topological polar surface area (TPSA) is 55.4 Å². The summed E-state index contributed by atoms with van der Waals surface area (Å²) in [6.07, 6.45) is 7.64. The van der Waals surface area contributed by atoms with Crippen LogP contribution >= 0.6 is 11.3 Å². The first kappa shape index (κ1) is 16.7. The molecule has 0 unspecified atom stereocenters. The van der Waals surface area contributed by atoms with Gasteiger partial charge in [0.2, 0.25) is 0 Å². The maximum absolute atomic E-state index is 11.8. The van der Waals surface area contributed by atoms with Crippen LogP contribution in [-0.4, -0.2) is 24.5 Å². The van der Waals surface area contributed by atoms with Crippen LogP contribution in [0.15, 0.2) is 17.5 Å². The molecule has 4 nitrogen and oxygen atoms in total. The van der Waals surface area contributed by atoms with Crippen molar-refractivity contribution in [1.29, 1.82) is 0 Å². The van der Waals surface area contributed by atoms with E-state index < -0.39 is 5.97 Å². The molecule has 0 aromatic carbocycles. The van der Waals surface area contributed by atoms with Crippen LogP contribution in [0.3, 0.4) is 0 Å². The Hall–Kier alpha value is -1.62. The van der Waals surface area contributed by atoms with Crippen molar-refractivity contribution in [2.45, 2.75) is 45.6 Å². The van der Waals surface area contributed by atoms with Crippen molar-refractivity contribution in [3.63, 3.8) is 0 Å². The van der Waals surface area contributed by atoms with Gasteiger partial charge in [-0.1, -0.05) is 19.8 Å². The normalized spacial score (nSPS) is 21.7. The molecule has 2 atom stereocenters. The molecule has 0 aliphatic heterocycles. The Bertz CT molecular complexity index is 550. The molecule has 22 heavy (non-hydrogen) atoms. The molecule has 120 valence electrons. The van der Waals surface area contributed by atoms with Crippen LogP contribution < -0.4 is 5.32 Å². The van der Waals surface area contributed by atoms with E-state index in [4.69, 9.17) is 4.74 Å². The smallest absolute Gasteiger partial charge is 0.331 e. The van der Waals surface area contributed by atoms with E-state index in [1.165, 1.54) is 12.5 Å². The second kappa shape index (κ2) is 8.13. The van der Waals surface area contributed by atoms with E-state index in [1.54, 1.807) is 17.4 Å². The van der Waals surface area contributed by atoms with Crippen molar-refractivity contribution >= 4 is 29.3 Å². The maximum atomic E-state index is 11.8. The van der Waals surface area contributed by atoms with Crippen LogP contribution in [-0.2, 0) is 14.3 Å². The quantitative estimate of drug-likeness (QED) is 0.668. The number of hydrogen-bond donors (Lipinski definition) is 1. The number of thiophene rings is 1. The Morgan fingerprint density at radius 3 is 2.86 bits per heavy atom. The van der Waals surface area contributed by atoms with Crippen molar-refractivity contribution in [2.24, 2.45) is 5.92 Å². The number of ether oxygens (including phenoxy) is 1. The summed E-state index contributed by atoms with van der Waals surface area (Å²) in [5.41, 5.74) is 1.12. The number of rotatable bonds is 5. The number of carbonyl (C=O) groups excluding carboxylic acids is 2. The average Bonchev–Trinajstić information content (AvgIpc) is 2.91. The maximum Gasteiger partial charge on any atom is 0.331 e. The van der Waals surface area contributed by atoms with E-state index in [0.717, 1.165) is 29.7 Å². The third-order valence-electron chi connectivity index (χ3n) is 4.08. The van der Waals surface area contributed by atoms with Crippen LogP contribution in [0.5, 0.6) is 0 Å². The van der Waals surface area contributed by atoms with E-state index in [0.29, 0.717) is 5.92 Å². The first-order chi connectivity index (χ1) is 10.6. The summed E-state index contributed by atoms with van der Waals surface area (Å²) in [6, 6.07) is 2.21. The van der Waals surface area contributed by atoms with E-state index in [2.05, 4.69) is 12.2 Å². The molecule has 1 aliphatic carbocycles. The molecule has 2 rings (SSSR count). The largest absolute Gasteiger partial charge is 0.452 e. The SMILES string of the molecule is Cc1ccsc1/C=C/C(=O)OCC(=O)N[C@H]1CCCC[C@@H]1C. The van der Waals surface area contributed by atoms with E-state index in [9.17, 15) is 9.59 Å². The van der Waals surface area contributed by atoms with Gasteiger partial charge in [-0.25, -0.2) is 4.79 Å². The summed E-state index contributed by atoms with van der Waals surface area (Å²) in [7, 11) is 0. The zero-order valence-corrected chi connectivity index (χ0v) is 13.9. The summed E-state index contributed by atoms with van der Waals surface area (Å²) >= 11 is 1.57. The van der Waals surface area contributed by atoms with Gasteiger partial charge in [0.25, 0.3) is 5.91 Å². The highest BCUT2D eigenvalue weighted by Gasteiger charge is 2.22. The van der Waals surface area contributed by atoms with Gasteiger partial charge in [-0.3, -0.25) is 4.79 Å². The number of nitrogens with one attached hydrogen (secondary N) is 1. The molecule has 1 fully saturated rings. The third-order valence-corrected chi connectivity index (χ3v) is 5.06. The summed E-state index contributed by atoms with van der Waals surface area (Å²) in [4.78, 5) is 24.5.